The number of piperidine rings is 1. The van der Waals surface area contributed by atoms with E-state index in [1.807, 2.05) is 6.92 Å². The third-order valence-electron chi connectivity index (χ3n) is 4.11. The van der Waals surface area contributed by atoms with Crippen LogP contribution in [-0.2, 0) is 9.47 Å². The highest BCUT2D eigenvalue weighted by atomic mass is 16.7. The molecule has 6 heteroatoms. The molecule has 0 spiro atoms. The summed E-state index contributed by atoms with van der Waals surface area (Å²) in [6.07, 6.45) is 5.28. The van der Waals surface area contributed by atoms with Crippen LogP contribution in [0.4, 0.5) is 5.82 Å². The third-order valence-corrected chi connectivity index (χ3v) is 4.11. The maximum absolute atomic E-state index is 9.15. The summed E-state index contributed by atoms with van der Waals surface area (Å²) in [5.74, 6) is 0.446. The Hall–Kier alpha value is -1.71. The minimum atomic E-state index is -0.506. The maximum Gasteiger partial charge on any atom is 0.183 e. The molecule has 0 aromatic carbocycles. The fraction of sp³-hybridized carbons (Fsp3) is 0.643. The number of ether oxygens (including phenoxy) is 2. The zero-order chi connectivity index (χ0) is 14.0. The standard InChI is InChI=1S/C14H18N4O2/c1-14(19-7-8-20-14)11-3-2-6-18(10-11)13-12(9-15)16-4-5-17-13/h4-5,11H,2-3,6-8,10H2,1H3. The first-order chi connectivity index (χ1) is 9.73. The molecule has 20 heavy (non-hydrogen) atoms. The summed E-state index contributed by atoms with van der Waals surface area (Å²) in [4.78, 5) is 10.5. The number of rotatable bonds is 2. The van der Waals surface area contributed by atoms with Crippen molar-refractivity contribution in [3.63, 3.8) is 0 Å². The molecule has 1 unspecified atom stereocenters. The van der Waals surface area contributed by atoms with Crippen LogP contribution in [0, 0.1) is 17.2 Å². The first-order valence-electron chi connectivity index (χ1n) is 6.97. The van der Waals surface area contributed by atoms with Crippen LogP contribution in [0.15, 0.2) is 12.4 Å². The molecule has 0 bridgehead atoms. The molecule has 106 valence electrons. The molecule has 0 saturated carbocycles. The van der Waals surface area contributed by atoms with Crippen LogP contribution in [0.1, 0.15) is 25.5 Å². The van der Waals surface area contributed by atoms with Gasteiger partial charge in [0, 0.05) is 31.4 Å². The lowest BCUT2D eigenvalue weighted by Crippen LogP contribution is -2.47. The van der Waals surface area contributed by atoms with Gasteiger partial charge in [-0.2, -0.15) is 5.26 Å². The van der Waals surface area contributed by atoms with Gasteiger partial charge in [0.2, 0.25) is 0 Å². The molecule has 3 rings (SSSR count). The van der Waals surface area contributed by atoms with Crippen LogP contribution in [0.3, 0.4) is 0 Å². The summed E-state index contributed by atoms with van der Waals surface area (Å²) in [6.45, 7) is 4.99. The molecule has 1 atom stereocenters. The molecule has 0 amide bonds. The van der Waals surface area contributed by atoms with Gasteiger partial charge in [-0.05, 0) is 19.8 Å². The van der Waals surface area contributed by atoms with Gasteiger partial charge in [0.25, 0.3) is 0 Å². The van der Waals surface area contributed by atoms with Crippen LogP contribution in [0.25, 0.3) is 0 Å². The molecule has 0 radical (unpaired) electrons. The summed E-state index contributed by atoms with van der Waals surface area (Å²) in [6, 6.07) is 2.11. The second kappa shape index (κ2) is 5.35. The van der Waals surface area contributed by atoms with Gasteiger partial charge in [0.05, 0.1) is 13.2 Å². The van der Waals surface area contributed by atoms with E-state index in [4.69, 9.17) is 14.7 Å². The summed E-state index contributed by atoms with van der Waals surface area (Å²) in [7, 11) is 0. The van der Waals surface area contributed by atoms with Crippen LogP contribution < -0.4 is 4.90 Å². The Balaban J connectivity index is 1.80. The maximum atomic E-state index is 9.15. The predicted octanol–water partition coefficient (Wildman–Crippen LogP) is 1.33. The zero-order valence-corrected chi connectivity index (χ0v) is 11.6. The van der Waals surface area contributed by atoms with Gasteiger partial charge in [-0.25, -0.2) is 9.97 Å². The monoisotopic (exact) mass is 274 g/mol. The van der Waals surface area contributed by atoms with Gasteiger partial charge >= 0.3 is 0 Å². The Kier molecular flexibility index (Phi) is 3.55. The number of nitrogens with zero attached hydrogens (tertiary/aromatic N) is 4. The summed E-state index contributed by atoms with van der Waals surface area (Å²) >= 11 is 0. The second-order valence-electron chi connectivity index (χ2n) is 5.34. The Labute approximate surface area is 118 Å². The molecular formula is C14H18N4O2. The van der Waals surface area contributed by atoms with Gasteiger partial charge in [-0.15, -0.1) is 0 Å². The fourth-order valence-corrected chi connectivity index (χ4v) is 3.00. The summed E-state index contributed by atoms with van der Waals surface area (Å²) in [5.41, 5.74) is 0.381. The fourth-order valence-electron chi connectivity index (χ4n) is 3.00. The largest absolute Gasteiger partial charge is 0.354 e. The van der Waals surface area contributed by atoms with E-state index in [1.54, 1.807) is 12.4 Å². The van der Waals surface area contributed by atoms with Crippen LogP contribution in [-0.4, -0.2) is 42.1 Å². The van der Waals surface area contributed by atoms with E-state index in [9.17, 15) is 0 Å². The lowest BCUT2D eigenvalue weighted by molar-refractivity contribution is -0.182. The first kappa shape index (κ1) is 13.3. The quantitative estimate of drug-likeness (QED) is 0.810. The number of anilines is 1. The van der Waals surface area contributed by atoms with Gasteiger partial charge in [-0.3, -0.25) is 0 Å². The molecule has 1 aromatic rings. The summed E-state index contributed by atoms with van der Waals surface area (Å²) in [5, 5.41) is 9.15. The molecule has 3 heterocycles. The highest BCUT2D eigenvalue weighted by molar-refractivity contribution is 5.49. The number of hydrogen-bond donors (Lipinski definition) is 0. The molecule has 0 aliphatic carbocycles. The molecule has 6 nitrogen and oxygen atoms in total. The van der Waals surface area contributed by atoms with Crippen LogP contribution in [0.2, 0.25) is 0 Å². The number of nitriles is 1. The summed E-state index contributed by atoms with van der Waals surface area (Å²) < 4.78 is 11.5. The van der Waals surface area contributed by atoms with E-state index in [0.29, 0.717) is 24.7 Å². The van der Waals surface area contributed by atoms with Crippen molar-refractivity contribution < 1.29 is 9.47 Å². The van der Waals surface area contributed by atoms with Crippen molar-refractivity contribution in [1.29, 1.82) is 5.26 Å². The second-order valence-corrected chi connectivity index (χ2v) is 5.34. The Morgan fingerprint density at radius 1 is 1.35 bits per heavy atom. The molecule has 0 N–H and O–H groups in total. The minimum Gasteiger partial charge on any atom is -0.354 e. The first-order valence-corrected chi connectivity index (χ1v) is 6.97. The lowest BCUT2D eigenvalue weighted by Gasteiger charge is -2.40. The van der Waals surface area contributed by atoms with Crippen molar-refractivity contribution in [2.45, 2.75) is 25.6 Å². The Bertz CT molecular complexity index is 522. The van der Waals surface area contributed by atoms with E-state index in [2.05, 4.69) is 20.9 Å². The van der Waals surface area contributed by atoms with Crippen molar-refractivity contribution in [3.8, 4) is 6.07 Å². The average Bonchev–Trinajstić information content (AvgIpc) is 2.95. The predicted molar refractivity (Wildman–Crippen MR) is 72.0 cm³/mol. The van der Waals surface area contributed by atoms with Crippen molar-refractivity contribution in [2.75, 3.05) is 31.2 Å². The highest BCUT2D eigenvalue weighted by Crippen LogP contribution is 2.35. The van der Waals surface area contributed by atoms with Crippen molar-refractivity contribution >= 4 is 5.82 Å². The normalized spacial score (nSPS) is 25.4. The minimum absolute atomic E-state index is 0.285. The van der Waals surface area contributed by atoms with E-state index in [1.165, 1.54) is 0 Å². The van der Waals surface area contributed by atoms with Crippen LogP contribution >= 0.6 is 0 Å². The van der Waals surface area contributed by atoms with Crippen molar-refractivity contribution in [1.82, 2.24) is 9.97 Å². The van der Waals surface area contributed by atoms with E-state index in [-0.39, 0.29) is 5.92 Å². The van der Waals surface area contributed by atoms with Gasteiger partial charge in [-0.1, -0.05) is 0 Å². The third kappa shape index (κ3) is 2.35. The molecule has 1 aromatic heterocycles. The molecule has 2 aliphatic heterocycles. The molecular weight excluding hydrogens is 256 g/mol. The smallest absolute Gasteiger partial charge is 0.183 e. The number of aromatic nitrogens is 2. The lowest BCUT2D eigenvalue weighted by atomic mass is 9.90. The van der Waals surface area contributed by atoms with Crippen molar-refractivity contribution in [2.24, 2.45) is 5.92 Å². The molecule has 2 aliphatic rings. The Morgan fingerprint density at radius 2 is 2.10 bits per heavy atom. The SMILES string of the molecule is CC1(C2CCCN(c3nccnc3C#N)C2)OCCO1. The topological polar surface area (TPSA) is 71.3 Å². The van der Waals surface area contributed by atoms with Crippen LogP contribution in [0.5, 0.6) is 0 Å². The average molecular weight is 274 g/mol. The van der Waals surface area contributed by atoms with E-state index in [0.717, 1.165) is 25.9 Å². The van der Waals surface area contributed by atoms with Gasteiger partial charge < -0.3 is 14.4 Å². The molecule has 2 saturated heterocycles. The zero-order valence-electron chi connectivity index (χ0n) is 11.6. The van der Waals surface area contributed by atoms with Gasteiger partial charge in [0.15, 0.2) is 17.3 Å². The number of hydrogen-bond acceptors (Lipinski definition) is 6. The van der Waals surface area contributed by atoms with Gasteiger partial charge in [0.1, 0.15) is 6.07 Å². The van der Waals surface area contributed by atoms with Crippen molar-refractivity contribution in [3.05, 3.63) is 18.1 Å². The Morgan fingerprint density at radius 3 is 2.85 bits per heavy atom. The highest BCUT2D eigenvalue weighted by Gasteiger charge is 2.42. The molecule has 2 fully saturated rings. The van der Waals surface area contributed by atoms with E-state index >= 15 is 0 Å². The van der Waals surface area contributed by atoms with E-state index < -0.39 is 5.79 Å².